The van der Waals surface area contributed by atoms with E-state index in [1.807, 2.05) is 0 Å². The summed E-state index contributed by atoms with van der Waals surface area (Å²) in [6, 6.07) is 1.97. The largest absolute Gasteiger partial charge is 0.507 e. The van der Waals surface area contributed by atoms with Gasteiger partial charge in [0, 0.05) is 0 Å². The highest BCUT2D eigenvalue weighted by molar-refractivity contribution is 7.89. The van der Waals surface area contributed by atoms with Crippen LogP contribution in [0.4, 0.5) is 0 Å². The van der Waals surface area contributed by atoms with Crippen LogP contribution >= 0.6 is 0 Å². The van der Waals surface area contributed by atoms with E-state index >= 15 is 0 Å². The van der Waals surface area contributed by atoms with Gasteiger partial charge in [0.15, 0.2) is 5.82 Å². The van der Waals surface area contributed by atoms with Crippen molar-refractivity contribution in [3.8, 4) is 5.75 Å². The molecule has 1 heterocycles. The number of nitrogens with zero attached hydrogens (tertiary/aromatic N) is 2. The Hall–Kier alpha value is -2.46. The molecule has 3 N–H and O–H groups in total. The molecule has 0 bridgehead atoms. The summed E-state index contributed by atoms with van der Waals surface area (Å²) >= 11 is 0. The van der Waals surface area contributed by atoms with E-state index in [1.165, 1.54) is 6.92 Å². The number of hydrogen-bond donors (Lipinski definition) is 3. The van der Waals surface area contributed by atoms with Gasteiger partial charge in [0.1, 0.15) is 11.3 Å². The fourth-order valence-corrected chi connectivity index (χ4v) is 2.87. The fraction of sp³-hybridized carbons (Fsp3) is 0.182. The van der Waals surface area contributed by atoms with E-state index in [1.54, 1.807) is 0 Å². The van der Waals surface area contributed by atoms with Crippen LogP contribution in [0.2, 0.25) is 0 Å². The van der Waals surface area contributed by atoms with Crippen molar-refractivity contribution in [3.05, 3.63) is 35.5 Å². The summed E-state index contributed by atoms with van der Waals surface area (Å²) < 4.78 is 31.0. The van der Waals surface area contributed by atoms with Crippen LogP contribution in [0.3, 0.4) is 0 Å². The van der Waals surface area contributed by atoms with Crippen LogP contribution in [0.25, 0.3) is 0 Å². The summed E-state index contributed by atoms with van der Waals surface area (Å²) in [5.41, 5.74) is -0.293. The minimum absolute atomic E-state index is 0.133. The number of aromatic nitrogens is 2. The summed E-state index contributed by atoms with van der Waals surface area (Å²) in [4.78, 5) is 14.4. The van der Waals surface area contributed by atoms with Crippen LogP contribution in [0.5, 0.6) is 5.75 Å². The number of carboxylic acids is 1. The first-order chi connectivity index (χ1) is 9.81. The molecule has 2 aromatic rings. The van der Waals surface area contributed by atoms with E-state index in [-0.39, 0.29) is 22.8 Å². The minimum atomic E-state index is -3.99. The molecule has 2 rings (SSSR count). The highest BCUT2D eigenvalue weighted by atomic mass is 32.2. The van der Waals surface area contributed by atoms with Crippen molar-refractivity contribution in [2.24, 2.45) is 0 Å². The maximum absolute atomic E-state index is 12.2. The van der Waals surface area contributed by atoms with E-state index in [2.05, 4.69) is 19.4 Å². The molecule has 0 atom stereocenters. The lowest BCUT2D eigenvalue weighted by molar-refractivity contribution is 0.0693. The lowest BCUT2D eigenvalue weighted by atomic mass is 10.1. The molecule has 0 saturated carbocycles. The number of benzene rings is 1. The Morgan fingerprint density at radius 3 is 2.71 bits per heavy atom. The minimum Gasteiger partial charge on any atom is -0.507 e. The van der Waals surface area contributed by atoms with Gasteiger partial charge < -0.3 is 14.7 Å². The van der Waals surface area contributed by atoms with Crippen molar-refractivity contribution in [3.63, 3.8) is 0 Å². The van der Waals surface area contributed by atoms with E-state index in [0.717, 1.165) is 18.5 Å². The molecule has 0 aliphatic carbocycles. The number of rotatable bonds is 5. The number of aryl methyl sites for hydroxylation is 1. The molecule has 112 valence electrons. The van der Waals surface area contributed by atoms with E-state index in [0.29, 0.717) is 0 Å². The van der Waals surface area contributed by atoms with Crippen molar-refractivity contribution in [2.45, 2.75) is 18.4 Å². The first-order valence-corrected chi connectivity index (χ1v) is 7.11. The zero-order valence-corrected chi connectivity index (χ0v) is 11.6. The van der Waals surface area contributed by atoms with E-state index in [9.17, 15) is 18.3 Å². The van der Waals surface area contributed by atoms with Gasteiger partial charge in [-0.3, -0.25) is 0 Å². The van der Waals surface area contributed by atoms with Crippen LogP contribution in [-0.4, -0.2) is 34.7 Å². The Balaban J connectivity index is 2.35. The Morgan fingerprint density at radius 1 is 1.43 bits per heavy atom. The highest BCUT2D eigenvalue weighted by Crippen LogP contribution is 2.25. The van der Waals surface area contributed by atoms with Crippen molar-refractivity contribution in [1.29, 1.82) is 0 Å². The van der Waals surface area contributed by atoms with Crippen LogP contribution in [0, 0.1) is 6.92 Å². The number of nitrogens with one attached hydrogen (secondary N) is 1. The van der Waals surface area contributed by atoms with Crippen LogP contribution in [-0.2, 0) is 16.6 Å². The SMILES string of the molecule is Cc1cc(O)c(C(=O)O)cc1S(=O)(=O)NCc1ncon1. The maximum Gasteiger partial charge on any atom is 0.339 e. The topological polar surface area (TPSA) is 143 Å². The monoisotopic (exact) mass is 313 g/mol. The van der Waals surface area contributed by atoms with Crippen molar-refractivity contribution >= 4 is 16.0 Å². The number of aromatic carboxylic acids is 1. The number of aromatic hydroxyl groups is 1. The zero-order valence-electron chi connectivity index (χ0n) is 10.8. The van der Waals surface area contributed by atoms with Crippen LogP contribution in [0.15, 0.2) is 27.9 Å². The van der Waals surface area contributed by atoms with E-state index in [4.69, 9.17) is 5.11 Å². The molecule has 9 nitrogen and oxygen atoms in total. The van der Waals surface area contributed by atoms with Gasteiger partial charge in [0.25, 0.3) is 0 Å². The number of hydrogen-bond acceptors (Lipinski definition) is 7. The second-order valence-electron chi connectivity index (χ2n) is 4.11. The number of sulfonamides is 1. The van der Waals surface area contributed by atoms with E-state index < -0.39 is 27.3 Å². The molecular weight excluding hydrogens is 302 g/mol. The Kier molecular flexibility index (Phi) is 3.91. The highest BCUT2D eigenvalue weighted by Gasteiger charge is 2.22. The Morgan fingerprint density at radius 2 is 2.14 bits per heavy atom. The average molecular weight is 313 g/mol. The Bertz CT molecular complexity index is 770. The predicted molar refractivity (Wildman–Crippen MR) is 68.1 cm³/mol. The predicted octanol–water partition coefficient (Wildman–Crippen LogP) is 0.260. The lowest BCUT2D eigenvalue weighted by Crippen LogP contribution is -2.25. The van der Waals surface area contributed by atoms with Gasteiger partial charge in [0.2, 0.25) is 16.4 Å². The zero-order chi connectivity index (χ0) is 15.6. The van der Waals surface area contributed by atoms with Gasteiger partial charge in [-0.25, -0.2) is 17.9 Å². The molecule has 0 amide bonds. The van der Waals surface area contributed by atoms with Gasteiger partial charge in [-0.05, 0) is 24.6 Å². The third-order valence-electron chi connectivity index (χ3n) is 2.64. The molecule has 0 fully saturated rings. The normalized spacial score (nSPS) is 11.5. The molecule has 1 aromatic carbocycles. The second-order valence-corrected chi connectivity index (χ2v) is 5.85. The summed E-state index contributed by atoms with van der Waals surface area (Å²) in [7, 11) is -3.99. The summed E-state index contributed by atoms with van der Waals surface area (Å²) in [5, 5.41) is 21.9. The smallest absolute Gasteiger partial charge is 0.339 e. The molecule has 21 heavy (non-hydrogen) atoms. The summed E-state index contributed by atoms with van der Waals surface area (Å²) in [5.74, 6) is -1.80. The quantitative estimate of drug-likeness (QED) is 0.713. The van der Waals surface area contributed by atoms with Gasteiger partial charge in [-0.1, -0.05) is 5.16 Å². The molecule has 0 spiro atoms. The maximum atomic E-state index is 12.2. The molecular formula is C11H11N3O6S. The standard InChI is InChI=1S/C11H11N3O6S/c1-6-2-8(15)7(11(16)17)3-9(6)21(18,19)13-4-10-12-5-20-14-10/h2-3,5,13,15H,4H2,1H3,(H,16,17). The van der Waals surface area contributed by atoms with Gasteiger partial charge >= 0.3 is 5.97 Å². The second kappa shape index (κ2) is 5.50. The van der Waals surface area contributed by atoms with Crippen molar-refractivity contribution in [1.82, 2.24) is 14.9 Å². The number of carboxylic acid groups (broad SMARTS) is 1. The average Bonchev–Trinajstić information content (AvgIpc) is 2.88. The third-order valence-corrected chi connectivity index (χ3v) is 4.18. The van der Waals surface area contributed by atoms with Crippen LogP contribution in [0.1, 0.15) is 21.7 Å². The fourth-order valence-electron chi connectivity index (χ4n) is 1.64. The molecule has 10 heteroatoms. The molecule has 0 saturated heterocycles. The third kappa shape index (κ3) is 3.17. The molecule has 0 aliphatic heterocycles. The van der Waals surface area contributed by atoms with Gasteiger partial charge in [-0.2, -0.15) is 4.98 Å². The van der Waals surface area contributed by atoms with Crippen molar-refractivity contribution in [2.75, 3.05) is 0 Å². The molecule has 1 aromatic heterocycles. The number of carbonyl (C=O) groups is 1. The Labute approximate surface area is 119 Å². The number of phenols is 1. The molecule has 0 unspecified atom stereocenters. The van der Waals surface area contributed by atoms with Gasteiger partial charge in [-0.15, -0.1) is 0 Å². The first kappa shape index (κ1) is 14.9. The molecule has 0 radical (unpaired) electrons. The van der Waals surface area contributed by atoms with Crippen LogP contribution < -0.4 is 4.72 Å². The summed E-state index contributed by atoms with van der Waals surface area (Å²) in [6.07, 6.45) is 1.05. The van der Waals surface area contributed by atoms with Gasteiger partial charge in [0.05, 0.1) is 11.4 Å². The first-order valence-electron chi connectivity index (χ1n) is 5.63. The molecule has 0 aliphatic rings. The van der Waals surface area contributed by atoms with Crippen molar-refractivity contribution < 1.29 is 27.9 Å². The summed E-state index contributed by atoms with van der Waals surface area (Å²) in [6.45, 7) is 1.23. The lowest BCUT2D eigenvalue weighted by Gasteiger charge is -2.10.